The molecule has 0 unspecified atom stereocenters. The standard InChI is InChI=1S/C94H113N19O13/c1-5-54(4)82(95)89(121)108-72(41-53(2)3)90(122)110-37-17-32-77(110)86(118)104-70(42-55-47-97-65-26-11-6-21-60(55)65)84(116)102-52-81(114)103-73(44-57-49-99-67-28-13-8-23-62(57)67)91(123)111-38-18-33-78(111)87(119)105-71(43-56-48-98-66-27-12-7-22-61(56)66)85(117)106-74(45-58-50-100-68-29-14-9-24-63(58)68)92(124)112-39-19-34-79(112)88(120)107-75(46-59-51-101-69-30-15-10-25-64(59)69)93(125)113-40-20-35-80(113)94(126)109-36-16-31-76(109)83(96)115/h6-15,21-30,47-51,53-54,70-80,82,97-101H,5,16-20,31-46,52,95H2,1-4H3,(H2,96,115)(H,102,116)(H,103,114)(H,104,118)(H,105,119)(H,106,117)(H,107,120)(H,108,121)/t54-,70-,71-,72-,73-,74-,75-,76-,77-,78-,79-,80-,82-/m0/s1. The van der Waals surface area contributed by atoms with Crippen molar-refractivity contribution in [1.29, 1.82) is 0 Å². The van der Waals surface area contributed by atoms with Crippen molar-refractivity contribution in [2.75, 3.05) is 39.3 Å². The molecule has 0 spiro atoms. The van der Waals surface area contributed by atoms with Crippen molar-refractivity contribution in [3.63, 3.8) is 0 Å². The van der Waals surface area contributed by atoms with Gasteiger partial charge in [-0.05, 0) is 141 Å². The van der Waals surface area contributed by atoms with Gasteiger partial charge in [-0.2, -0.15) is 0 Å². The first kappa shape index (κ1) is 87.8. The number of carbonyl (C=O) groups is 13. The molecule has 5 aromatic heterocycles. The summed E-state index contributed by atoms with van der Waals surface area (Å²) in [6, 6.07) is 23.7. The van der Waals surface area contributed by atoms with Gasteiger partial charge in [0.05, 0.1) is 12.6 Å². The number of primary amides is 1. The molecule has 126 heavy (non-hydrogen) atoms. The molecule has 15 rings (SSSR count). The van der Waals surface area contributed by atoms with Gasteiger partial charge in [0.1, 0.15) is 66.5 Å². The van der Waals surface area contributed by atoms with Crippen LogP contribution in [0.25, 0.3) is 54.5 Å². The van der Waals surface area contributed by atoms with Crippen LogP contribution in [0.1, 0.15) is 133 Å². The Morgan fingerprint density at radius 1 is 0.365 bits per heavy atom. The summed E-state index contributed by atoms with van der Waals surface area (Å²) in [6.45, 7) is 7.84. The minimum absolute atomic E-state index is 0.00806. The van der Waals surface area contributed by atoms with E-state index in [0.717, 1.165) is 60.1 Å². The van der Waals surface area contributed by atoms with Gasteiger partial charge in [-0.15, -0.1) is 0 Å². The van der Waals surface area contributed by atoms with Crippen LogP contribution in [-0.2, 0) is 94.4 Å². The lowest BCUT2D eigenvalue weighted by Gasteiger charge is -2.34. The maximum atomic E-state index is 15.9. The number of aromatic amines is 5. The molecular formula is C94H113N19O13. The minimum atomic E-state index is -1.43. The van der Waals surface area contributed by atoms with Gasteiger partial charge in [0, 0.05) is 150 Å². The molecule has 5 fully saturated rings. The second-order valence-electron chi connectivity index (χ2n) is 34.9. The van der Waals surface area contributed by atoms with Crippen molar-refractivity contribution in [1.82, 2.24) is 86.6 Å². The van der Waals surface area contributed by atoms with Crippen LogP contribution in [0.15, 0.2) is 152 Å². The van der Waals surface area contributed by atoms with Crippen molar-refractivity contribution in [3.05, 3.63) is 180 Å². The number of rotatable bonds is 34. The zero-order valence-corrected chi connectivity index (χ0v) is 71.5. The molecule has 0 aliphatic carbocycles. The van der Waals surface area contributed by atoms with Crippen molar-refractivity contribution < 1.29 is 62.3 Å². The maximum Gasteiger partial charge on any atom is 0.246 e. The summed E-state index contributed by atoms with van der Waals surface area (Å²) in [5.41, 5.74) is 19.3. The smallest absolute Gasteiger partial charge is 0.246 e. The first-order chi connectivity index (χ1) is 60.9. The predicted molar refractivity (Wildman–Crippen MR) is 474 cm³/mol. The van der Waals surface area contributed by atoms with E-state index in [0.29, 0.717) is 80.2 Å². The molecule has 5 aliphatic rings. The van der Waals surface area contributed by atoms with E-state index in [1.807, 2.05) is 149 Å². The number of fused-ring (bicyclic) bond motifs is 5. The molecule has 0 radical (unpaired) electrons. The highest BCUT2D eigenvalue weighted by Crippen LogP contribution is 2.32. The lowest BCUT2D eigenvalue weighted by atomic mass is 9.97. The van der Waals surface area contributed by atoms with Gasteiger partial charge in [-0.1, -0.05) is 125 Å². The highest BCUT2D eigenvalue weighted by atomic mass is 16.2. The Morgan fingerprint density at radius 2 is 0.667 bits per heavy atom. The van der Waals surface area contributed by atoms with Crippen LogP contribution in [-0.4, -0.2) is 238 Å². The third-order valence-corrected chi connectivity index (χ3v) is 26.1. The second-order valence-corrected chi connectivity index (χ2v) is 34.9. The summed E-state index contributed by atoms with van der Waals surface area (Å²) in [5, 5.41) is 24.5. The molecule has 13 amide bonds. The fraction of sp³-hybridized carbons (Fsp3) is 0.436. The molecular weight excluding hydrogens is 1600 g/mol. The monoisotopic (exact) mass is 1720 g/mol. The number of H-pyrrole nitrogens is 5. The maximum absolute atomic E-state index is 15.9. The van der Waals surface area contributed by atoms with Gasteiger partial charge in [-0.25, -0.2) is 0 Å². The Bertz CT molecular complexity index is 5740. The topological polar surface area (TPSA) is 453 Å². The number of nitrogens with zero attached hydrogens (tertiary/aromatic N) is 5. The normalized spacial score (nSPS) is 19.7. The third kappa shape index (κ3) is 19.2. The fourth-order valence-electron chi connectivity index (χ4n) is 19.2. The summed E-state index contributed by atoms with van der Waals surface area (Å²) < 4.78 is 0. The molecule has 0 bridgehead atoms. The molecule has 13 atom stereocenters. The second kappa shape index (κ2) is 39.0. The van der Waals surface area contributed by atoms with E-state index in [-0.39, 0.29) is 102 Å². The summed E-state index contributed by atoms with van der Waals surface area (Å²) in [6.07, 6.45) is 12.9. The predicted octanol–water partition coefficient (Wildman–Crippen LogP) is 5.49. The van der Waals surface area contributed by atoms with Gasteiger partial charge >= 0.3 is 0 Å². The molecule has 32 heteroatoms. The zero-order chi connectivity index (χ0) is 88.6. The lowest BCUT2D eigenvalue weighted by molar-refractivity contribution is -0.148. The molecule has 10 aromatic rings. The molecule has 10 heterocycles. The molecule has 5 saturated heterocycles. The quantitative estimate of drug-likeness (QED) is 0.0237. The Hall–Kier alpha value is -13.1. The van der Waals surface area contributed by atoms with Gasteiger partial charge in [0.2, 0.25) is 76.8 Å². The van der Waals surface area contributed by atoms with E-state index in [4.69, 9.17) is 11.5 Å². The number of nitrogens with two attached hydrogens (primary N) is 2. The Balaban J connectivity index is 0.674. The number of nitrogens with one attached hydrogen (secondary N) is 12. The molecule has 0 saturated carbocycles. The van der Waals surface area contributed by atoms with Crippen molar-refractivity contribution in [2.24, 2.45) is 23.3 Å². The van der Waals surface area contributed by atoms with Crippen LogP contribution < -0.4 is 48.7 Å². The number of likely N-dealkylation sites (tertiary alicyclic amines) is 5. The zero-order valence-electron chi connectivity index (χ0n) is 71.5. The number of para-hydroxylation sites is 5. The Kier molecular flexibility index (Phi) is 27.1. The molecule has 32 nitrogen and oxygen atoms in total. The van der Waals surface area contributed by atoms with E-state index in [2.05, 4.69) is 62.1 Å². The number of aromatic nitrogens is 5. The van der Waals surface area contributed by atoms with Gasteiger partial charge in [-0.3, -0.25) is 62.3 Å². The van der Waals surface area contributed by atoms with Gasteiger partial charge < -0.3 is 98.1 Å². The number of carbonyl (C=O) groups excluding carboxylic acids is 13. The van der Waals surface area contributed by atoms with E-state index >= 15 is 28.8 Å². The number of hydrogen-bond acceptors (Lipinski definition) is 14. The van der Waals surface area contributed by atoms with Crippen LogP contribution in [0.4, 0.5) is 0 Å². The average Bonchev–Trinajstić information content (AvgIpc) is 1.62. The molecule has 662 valence electrons. The number of benzene rings is 5. The van der Waals surface area contributed by atoms with Crippen LogP contribution in [0.5, 0.6) is 0 Å². The Morgan fingerprint density at radius 3 is 1.04 bits per heavy atom. The summed E-state index contributed by atoms with van der Waals surface area (Å²) >= 11 is 0. The fourth-order valence-corrected chi connectivity index (χ4v) is 19.2. The van der Waals surface area contributed by atoms with Gasteiger partial charge in [0.25, 0.3) is 0 Å². The van der Waals surface area contributed by atoms with Crippen LogP contribution in [0.2, 0.25) is 0 Å². The van der Waals surface area contributed by atoms with E-state index in [9.17, 15) is 33.6 Å². The van der Waals surface area contributed by atoms with Crippen molar-refractivity contribution in [3.8, 4) is 0 Å². The van der Waals surface area contributed by atoms with Crippen molar-refractivity contribution in [2.45, 2.75) is 209 Å². The third-order valence-electron chi connectivity index (χ3n) is 26.1. The van der Waals surface area contributed by atoms with E-state index < -0.39 is 150 Å². The largest absolute Gasteiger partial charge is 0.368 e. The number of amides is 13. The Labute approximate surface area is 728 Å². The highest BCUT2D eigenvalue weighted by molar-refractivity contribution is 6.02. The van der Waals surface area contributed by atoms with Crippen LogP contribution in [0, 0.1) is 11.8 Å². The molecule has 5 aliphatic heterocycles. The first-order valence-corrected chi connectivity index (χ1v) is 44.3. The molecule has 5 aromatic carbocycles. The van der Waals surface area contributed by atoms with E-state index in [1.165, 1.54) is 24.5 Å². The van der Waals surface area contributed by atoms with Gasteiger partial charge in [0.15, 0.2) is 0 Å². The molecule has 16 N–H and O–H groups in total. The van der Waals surface area contributed by atoms with Crippen LogP contribution in [0.3, 0.4) is 0 Å². The van der Waals surface area contributed by atoms with E-state index in [1.54, 1.807) is 31.0 Å². The summed E-state index contributed by atoms with van der Waals surface area (Å²) in [5.74, 6) is -8.13. The SMILES string of the molecule is CC[C@H](C)[C@H](N)C(=O)N[C@@H](CC(C)C)C(=O)N1CCC[C@H]1C(=O)N[C@@H](Cc1c[nH]c2ccccc12)C(=O)NCC(=O)N[C@@H](Cc1c[nH]c2ccccc12)C(=O)N1CCC[C@H]1C(=O)N[C@@H](Cc1c[nH]c2ccccc12)C(=O)N[C@@H](Cc1c[nH]c2ccccc12)C(=O)N1CCC[C@H]1C(=O)N[C@@H](Cc1c[nH]c2ccccc12)C(=O)N1CCC[C@H]1C(=O)N1CCC[C@H]1C(N)=O. The summed E-state index contributed by atoms with van der Waals surface area (Å²) in [4.78, 5) is 217. The van der Waals surface area contributed by atoms with Crippen LogP contribution >= 0.6 is 0 Å². The average molecular weight is 1720 g/mol. The van der Waals surface area contributed by atoms with Crippen molar-refractivity contribution >= 4 is 131 Å². The summed E-state index contributed by atoms with van der Waals surface area (Å²) in [7, 11) is 0. The minimum Gasteiger partial charge on any atom is -0.368 e. The highest BCUT2D eigenvalue weighted by Gasteiger charge is 2.48. The number of hydrogen-bond donors (Lipinski definition) is 14. The lowest BCUT2D eigenvalue weighted by Crippen LogP contribution is -2.60. The first-order valence-electron chi connectivity index (χ1n) is 44.3.